The number of carbonyl (C=O) groups excluding carboxylic acids is 1. The van der Waals surface area contributed by atoms with Gasteiger partial charge in [0.15, 0.2) is 11.7 Å². The first-order valence-corrected chi connectivity index (χ1v) is 12.3. The Bertz CT molecular complexity index is 1590. The summed E-state index contributed by atoms with van der Waals surface area (Å²) in [6.07, 6.45) is -5.04. The molecule has 0 saturated heterocycles. The Balaban J connectivity index is 1.50. The van der Waals surface area contributed by atoms with Crippen LogP contribution in [0.1, 0.15) is 40.3 Å². The van der Waals surface area contributed by atoms with Crippen molar-refractivity contribution in [2.24, 2.45) is 7.05 Å². The van der Waals surface area contributed by atoms with Crippen LogP contribution in [0.5, 0.6) is 5.75 Å². The van der Waals surface area contributed by atoms with Crippen LogP contribution in [0.2, 0.25) is 5.02 Å². The number of para-hydroxylation sites is 1. The topological polar surface area (TPSA) is 95.1 Å². The van der Waals surface area contributed by atoms with Gasteiger partial charge in [0, 0.05) is 13.5 Å². The summed E-state index contributed by atoms with van der Waals surface area (Å²) >= 11 is 6.45. The van der Waals surface area contributed by atoms with Gasteiger partial charge >= 0.3 is 6.18 Å². The number of alkyl halides is 3. The maximum Gasteiger partial charge on any atom is 0.410 e. The lowest BCUT2D eigenvalue weighted by Gasteiger charge is -2.33. The zero-order valence-corrected chi connectivity index (χ0v) is 21.8. The molecule has 4 aromatic rings. The van der Waals surface area contributed by atoms with Crippen molar-refractivity contribution >= 4 is 29.0 Å². The number of fused-ring (bicyclic) bond motifs is 1. The highest BCUT2D eigenvalue weighted by atomic mass is 35.5. The number of carbonyl (C=O) groups is 1. The number of nitrogens with zero attached hydrogens (tertiary/aromatic N) is 4. The molecule has 0 bridgehead atoms. The number of hydrogen-bond donors (Lipinski definition) is 2. The normalized spacial score (nSPS) is 16.9. The number of hydrogen-bond acceptors (Lipinski definition) is 5. The van der Waals surface area contributed by atoms with Crippen LogP contribution in [0.15, 0.2) is 59.4 Å². The van der Waals surface area contributed by atoms with E-state index in [9.17, 15) is 22.8 Å². The molecule has 3 heterocycles. The van der Waals surface area contributed by atoms with Crippen molar-refractivity contribution in [1.29, 1.82) is 0 Å². The number of nitrogens with one attached hydrogen (secondary N) is 2. The fraction of sp³-hybridized carbons (Fsp3) is 0.269. The third-order valence-electron chi connectivity index (χ3n) is 6.82. The van der Waals surface area contributed by atoms with Crippen molar-refractivity contribution < 1.29 is 22.7 Å². The molecule has 204 valence electrons. The number of aromatic nitrogens is 4. The molecule has 0 spiro atoms. The lowest BCUT2D eigenvalue weighted by Crippen LogP contribution is -2.35. The molecule has 0 radical (unpaired) electrons. The minimum absolute atomic E-state index is 0.0372. The second-order valence-electron chi connectivity index (χ2n) is 9.11. The number of rotatable bonds is 5. The van der Waals surface area contributed by atoms with Crippen LogP contribution in [0.25, 0.3) is 5.69 Å². The molecule has 1 amide bonds. The fourth-order valence-electron chi connectivity index (χ4n) is 4.67. The minimum Gasteiger partial charge on any atom is -0.497 e. The van der Waals surface area contributed by atoms with Crippen molar-refractivity contribution in [3.05, 3.63) is 86.9 Å². The van der Waals surface area contributed by atoms with Crippen LogP contribution in [0.3, 0.4) is 0 Å². The Kier molecular flexibility index (Phi) is 6.67. The summed E-state index contributed by atoms with van der Waals surface area (Å²) in [5, 5.41) is 9.17. The van der Waals surface area contributed by atoms with Crippen LogP contribution in [0.4, 0.5) is 24.7 Å². The summed E-state index contributed by atoms with van der Waals surface area (Å²) < 4.78 is 51.1. The maximum atomic E-state index is 14.1. The van der Waals surface area contributed by atoms with E-state index < -0.39 is 35.4 Å². The number of benzene rings is 2. The highest BCUT2D eigenvalue weighted by Gasteiger charge is 2.48. The van der Waals surface area contributed by atoms with E-state index in [-0.39, 0.29) is 22.9 Å². The van der Waals surface area contributed by atoms with Crippen LogP contribution in [0, 0.1) is 6.92 Å². The quantitative estimate of drug-likeness (QED) is 0.347. The third-order valence-corrected chi connectivity index (χ3v) is 7.18. The molecule has 2 aromatic carbocycles. The van der Waals surface area contributed by atoms with E-state index in [2.05, 4.69) is 15.7 Å². The van der Waals surface area contributed by atoms with Crippen LogP contribution < -0.4 is 20.9 Å². The van der Waals surface area contributed by atoms with E-state index in [1.165, 1.54) is 11.8 Å². The Labute approximate surface area is 225 Å². The summed E-state index contributed by atoms with van der Waals surface area (Å²) in [6, 6.07) is 12.6. The van der Waals surface area contributed by atoms with Gasteiger partial charge in [-0.2, -0.15) is 18.3 Å². The second-order valence-corrected chi connectivity index (χ2v) is 9.49. The van der Waals surface area contributed by atoms with Gasteiger partial charge in [-0.3, -0.25) is 14.3 Å². The first kappa shape index (κ1) is 26.4. The molecule has 0 aliphatic carbocycles. The predicted molar refractivity (Wildman–Crippen MR) is 140 cm³/mol. The van der Waals surface area contributed by atoms with E-state index in [0.29, 0.717) is 27.4 Å². The van der Waals surface area contributed by atoms with Gasteiger partial charge in [-0.15, -0.1) is 0 Å². The molecule has 5 rings (SSSR count). The monoisotopic (exact) mass is 560 g/mol. The Hall–Kier alpha value is -4.19. The van der Waals surface area contributed by atoms with Crippen LogP contribution in [-0.4, -0.2) is 38.3 Å². The Morgan fingerprint density at radius 1 is 1.15 bits per heavy atom. The molecule has 2 aromatic heterocycles. The molecule has 39 heavy (non-hydrogen) atoms. The summed E-state index contributed by atoms with van der Waals surface area (Å²) in [4.78, 5) is 26.4. The van der Waals surface area contributed by atoms with Gasteiger partial charge in [-0.25, -0.2) is 9.36 Å². The van der Waals surface area contributed by atoms with Crippen LogP contribution in [-0.2, 0) is 7.05 Å². The number of anilines is 2. The SMILES string of the molecule is COc1ccc([C@H]2C[C@@H](C(F)(F)F)n3nc(C(=O)Nc4c(C)n(C)n(-c5ccccc5)c4=O)c(Cl)c3N2)cc1. The van der Waals surface area contributed by atoms with Crippen molar-refractivity contribution in [3.63, 3.8) is 0 Å². The smallest absolute Gasteiger partial charge is 0.410 e. The van der Waals surface area contributed by atoms with Gasteiger partial charge in [0.25, 0.3) is 11.5 Å². The zero-order valence-electron chi connectivity index (χ0n) is 21.1. The Morgan fingerprint density at radius 2 is 1.82 bits per heavy atom. The predicted octanol–water partition coefficient (Wildman–Crippen LogP) is 5.26. The maximum absolute atomic E-state index is 14.1. The van der Waals surface area contributed by atoms with E-state index in [0.717, 1.165) is 0 Å². The van der Waals surface area contributed by atoms with Gasteiger partial charge in [-0.05, 0) is 36.8 Å². The average Bonchev–Trinajstić information content (AvgIpc) is 3.36. The highest BCUT2D eigenvalue weighted by Crippen LogP contribution is 2.46. The summed E-state index contributed by atoms with van der Waals surface area (Å²) in [7, 11) is 3.14. The first-order chi connectivity index (χ1) is 18.5. The molecule has 1 aliphatic heterocycles. The average molecular weight is 561 g/mol. The second kappa shape index (κ2) is 9.84. The molecular weight excluding hydrogens is 537 g/mol. The molecular formula is C26H24ClF3N6O3. The van der Waals surface area contributed by atoms with E-state index in [1.807, 2.05) is 0 Å². The van der Waals surface area contributed by atoms with E-state index in [1.54, 1.807) is 73.3 Å². The van der Waals surface area contributed by atoms with Crippen molar-refractivity contribution in [2.75, 3.05) is 17.7 Å². The molecule has 2 N–H and O–H groups in total. The molecule has 13 heteroatoms. The molecule has 2 atom stereocenters. The van der Waals surface area contributed by atoms with Gasteiger partial charge in [0.1, 0.15) is 22.3 Å². The first-order valence-electron chi connectivity index (χ1n) is 11.9. The summed E-state index contributed by atoms with van der Waals surface area (Å²) in [5.41, 5.74) is 0.609. The van der Waals surface area contributed by atoms with Crippen molar-refractivity contribution in [3.8, 4) is 11.4 Å². The molecule has 1 aliphatic rings. The van der Waals surface area contributed by atoms with Crippen molar-refractivity contribution in [2.45, 2.75) is 31.6 Å². The number of ether oxygens (including phenoxy) is 1. The highest BCUT2D eigenvalue weighted by molar-refractivity contribution is 6.36. The number of amides is 1. The van der Waals surface area contributed by atoms with E-state index in [4.69, 9.17) is 16.3 Å². The minimum atomic E-state index is -4.66. The summed E-state index contributed by atoms with van der Waals surface area (Å²) in [5.74, 6) is -0.481. The molecule has 0 fully saturated rings. The number of halogens is 4. The number of methoxy groups -OCH3 is 1. The van der Waals surface area contributed by atoms with Gasteiger partial charge in [0.2, 0.25) is 0 Å². The lowest BCUT2D eigenvalue weighted by molar-refractivity contribution is -0.173. The summed E-state index contributed by atoms with van der Waals surface area (Å²) in [6.45, 7) is 1.64. The van der Waals surface area contributed by atoms with Crippen LogP contribution >= 0.6 is 11.6 Å². The molecule has 0 saturated carbocycles. The fourth-order valence-corrected chi connectivity index (χ4v) is 4.94. The van der Waals surface area contributed by atoms with Gasteiger partial charge in [-0.1, -0.05) is 41.9 Å². The standard InChI is InChI=1S/C26H24ClF3N6O3/c1-14-21(25(38)36(34(14)2)16-7-5-4-6-8-16)32-24(37)22-20(27)23-31-18(15-9-11-17(39-3)12-10-15)13-19(26(28,29)30)35(23)33-22/h4-12,18-19,31H,13H2,1-3H3,(H,32,37)/t18-,19+/m1/s1. The van der Waals surface area contributed by atoms with E-state index >= 15 is 0 Å². The molecule has 9 nitrogen and oxygen atoms in total. The largest absolute Gasteiger partial charge is 0.497 e. The lowest BCUT2D eigenvalue weighted by atomic mass is 9.97. The Morgan fingerprint density at radius 3 is 2.44 bits per heavy atom. The van der Waals surface area contributed by atoms with Gasteiger partial charge in [0.05, 0.1) is 24.5 Å². The third kappa shape index (κ3) is 4.65. The molecule has 0 unspecified atom stereocenters. The zero-order chi connectivity index (χ0) is 28.1. The van der Waals surface area contributed by atoms with Gasteiger partial charge < -0.3 is 15.4 Å². The van der Waals surface area contributed by atoms with Crippen molar-refractivity contribution in [1.82, 2.24) is 19.1 Å².